The summed E-state index contributed by atoms with van der Waals surface area (Å²) in [4.78, 5) is 23.0. The van der Waals surface area contributed by atoms with Gasteiger partial charge in [0.2, 0.25) is 0 Å². The molecule has 2 atom stereocenters. The Morgan fingerprint density at radius 2 is 1.47 bits per heavy atom. The minimum absolute atomic E-state index is 0.101. The van der Waals surface area contributed by atoms with E-state index in [0.29, 0.717) is 25.0 Å². The maximum absolute atomic E-state index is 11.6. The summed E-state index contributed by atoms with van der Waals surface area (Å²) in [5.41, 5.74) is 0.150. The van der Waals surface area contributed by atoms with Crippen LogP contribution in [-0.4, -0.2) is 25.2 Å². The Morgan fingerprint density at radius 1 is 1.00 bits per heavy atom. The predicted molar refractivity (Wildman–Crippen MR) is 74.6 cm³/mol. The molecule has 0 bridgehead atoms. The normalized spacial score (nSPS) is 13.5. The number of hydrogen-bond acceptors (Lipinski definition) is 4. The molecule has 2 unspecified atom stereocenters. The van der Waals surface area contributed by atoms with Gasteiger partial charge >= 0.3 is 11.9 Å². The predicted octanol–water partition coefficient (Wildman–Crippen LogP) is 3.11. The van der Waals surface area contributed by atoms with Crippen LogP contribution in [0.5, 0.6) is 0 Å². The smallest absolute Gasteiger partial charge is 0.333 e. The van der Waals surface area contributed by atoms with E-state index in [2.05, 4.69) is 6.58 Å². The van der Waals surface area contributed by atoms with Crippen molar-refractivity contribution in [3.63, 3.8) is 0 Å². The molecule has 0 aromatic carbocycles. The molecule has 0 N–H and O–H groups in total. The lowest BCUT2D eigenvalue weighted by atomic mass is 10.1. The molecular formula is C15H26O4. The van der Waals surface area contributed by atoms with Crippen molar-refractivity contribution in [2.24, 2.45) is 11.8 Å². The van der Waals surface area contributed by atoms with Gasteiger partial charge < -0.3 is 9.47 Å². The molecule has 0 aliphatic carbocycles. The molecule has 0 radical (unpaired) electrons. The number of carbonyl (C=O) groups is 2. The minimum Gasteiger partial charge on any atom is -0.465 e. The van der Waals surface area contributed by atoms with Gasteiger partial charge in [-0.3, -0.25) is 4.79 Å². The Labute approximate surface area is 116 Å². The molecule has 0 fully saturated rings. The summed E-state index contributed by atoms with van der Waals surface area (Å²) in [6.45, 7) is 12.4. The molecule has 0 saturated heterocycles. The fraction of sp³-hybridized carbons (Fsp3) is 0.733. The van der Waals surface area contributed by atoms with Gasteiger partial charge in [0.25, 0.3) is 0 Å². The number of ether oxygens (including phenoxy) is 2. The summed E-state index contributed by atoms with van der Waals surface area (Å²) in [7, 11) is 0. The fourth-order valence-electron chi connectivity index (χ4n) is 1.09. The molecule has 0 heterocycles. The molecule has 0 spiro atoms. The van der Waals surface area contributed by atoms with Crippen LogP contribution < -0.4 is 0 Å². The SMILES string of the molecule is C=C(CC(=O)OCC(C)CC)C(=O)OCC(C)CC. The molecule has 0 rings (SSSR count). The van der Waals surface area contributed by atoms with Crippen molar-refractivity contribution in [1.82, 2.24) is 0 Å². The Morgan fingerprint density at radius 3 is 1.95 bits per heavy atom. The lowest BCUT2D eigenvalue weighted by molar-refractivity contribution is -0.147. The zero-order valence-electron chi connectivity index (χ0n) is 12.5. The molecule has 0 aliphatic rings. The van der Waals surface area contributed by atoms with Crippen LogP contribution in [0.15, 0.2) is 12.2 Å². The number of carbonyl (C=O) groups excluding carboxylic acids is 2. The molecule has 4 heteroatoms. The van der Waals surface area contributed by atoms with Crippen LogP contribution in [0.3, 0.4) is 0 Å². The third-order valence-corrected chi connectivity index (χ3v) is 3.07. The van der Waals surface area contributed by atoms with Gasteiger partial charge in [-0.25, -0.2) is 4.79 Å². The largest absolute Gasteiger partial charge is 0.465 e. The van der Waals surface area contributed by atoms with E-state index in [1.54, 1.807) is 0 Å². The second-order valence-corrected chi connectivity index (χ2v) is 5.09. The van der Waals surface area contributed by atoms with Crippen LogP contribution in [0.1, 0.15) is 47.0 Å². The summed E-state index contributed by atoms with van der Waals surface area (Å²) in [5.74, 6) is -0.296. The van der Waals surface area contributed by atoms with Crippen molar-refractivity contribution in [3.8, 4) is 0 Å². The summed E-state index contributed by atoms with van der Waals surface area (Å²) < 4.78 is 10.1. The van der Waals surface area contributed by atoms with E-state index < -0.39 is 11.9 Å². The maximum atomic E-state index is 11.6. The topological polar surface area (TPSA) is 52.6 Å². The van der Waals surface area contributed by atoms with E-state index >= 15 is 0 Å². The lowest BCUT2D eigenvalue weighted by Crippen LogP contribution is -2.17. The summed E-state index contributed by atoms with van der Waals surface area (Å²) in [6, 6.07) is 0. The van der Waals surface area contributed by atoms with Crippen molar-refractivity contribution in [3.05, 3.63) is 12.2 Å². The number of esters is 2. The number of rotatable bonds is 9. The van der Waals surface area contributed by atoms with E-state index in [0.717, 1.165) is 12.8 Å². The average Bonchev–Trinajstić information content (AvgIpc) is 2.41. The van der Waals surface area contributed by atoms with E-state index in [-0.39, 0.29) is 12.0 Å². The van der Waals surface area contributed by atoms with Crippen molar-refractivity contribution in [2.45, 2.75) is 47.0 Å². The molecule has 0 amide bonds. The highest BCUT2D eigenvalue weighted by molar-refractivity contribution is 5.93. The van der Waals surface area contributed by atoms with Crippen LogP contribution in [-0.2, 0) is 19.1 Å². The minimum atomic E-state index is -0.513. The van der Waals surface area contributed by atoms with Gasteiger partial charge in [0.15, 0.2) is 0 Å². The molecule has 19 heavy (non-hydrogen) atoms. The quantitative estimate of drug-likeness (QED) is 0.477. The number of hydrogen-bond donors (Lipinski definition) is 0. The van der Waals surface area contributed by atoms with Crippen LogP contribution in [0.2, 0.25) is 0 Å². The molecule has 0 aliphatic heterocycles. The van der Waals surface area contributed by atoms with Gasteiger partial charge in [0.05, 0.1) is 19.6 Å². The first-order chi connectivity index (χ1) is 8.90. The third kappa shape index (κ3) is 8.41. The van der Waals surface area contributed by atoms with E-state index in [4.69, 9.17) is 9.47 Å². The van der Waals surface area contributed by atoms with Crippen molar-refractivity contribution in [2.75, 3.05) is 13.2 Å². The molecule has 0 aromatic heterocycles. The summed E-state index contributed by atoms with van der Waals surface area (Å²) in [6.07, 6.45) is 1.79. The van der Waals surface area contributed by atoms with Gasteiger partial charge in [0.1, 0.15) is 0 Å². The molecule has 4 nitrogen and oxygen atoms in total. The van der Waals surface area contributed by atoms with E-state index in [1.807, 2.05) is 27.7 Å². The highest BCUT2D eigenvalue weighted by atomic mass is 16.5. The second-order valence-electron chi connectivity index (χ2n) is 5.09. The molecular weight excluding hydrogens is 244 g/mol. The lowest BCUT2D eigenvalue weighted by Gasteiger charge is -2.12. The van der Waals surface area contributed by atoms with Crippen LogP contribution in [0, 0.1) is 11.8 Å². The Hall–Kier alpha value is -1.32. The van der Waals surface area contributed by atoms with Crippen LogP contribution in [0.4, 0.5) is 0 Å². The maximum Gasteiger partial charge on any atom is 0.333 e. The molecule has 0 aromatic rings. The highest BCUT2D eigenvalue weighted by Gasteiger charge is 2.15. The summed E-state index contributed by atoms with van der Waals surface area (Å²) >= 11 is 0. The monoisotopic (exact) mass is 270 g/mol. The van der Waals surface area contributed by atoms with Gasteiger partial charge in [0, 0.05) is 5.57 Å². The standard InChI is InChI=1S/C15H26O4/c1-6-11(3)9-18-14(16)8-13(5)15(17)19-10-12(4)7-2/h11-12H,5-10H2,1-4H3. The van der Waals surface area contributed by atoms with Gasteiger partial charge in [-0.15, -0.1) is 0 Å². The Kier molecular flexibility index (Phi) is 8.92. The fourth-order valence-corrected chi connectivity index (χ4v) is 1.09. The van der Waals surface area contributed by atoms with Crippen molar-refractivity contribution >= 4 is 11.9 Å². The Bertz CT molecular complexity index is 309. The first-order valence-electron chi connectivity index (χ1n) is 6.91. The average molecular weight is 270 g/mol. The second kappa shape index (κ2) is 9.59. The molecule has 110 valence electrons. The third-order valence-electron chi connectivity index (χ3n) is 3.07. The zero-order valence-corrected chi connectivity index (χ0v) is 12.5. The van der Waals surface area contributed by atoms with E-state index in [9.17, 15) is 9.59 Å². The van der Waals surface area contributed by atoms with Crippen LogP contribution in [0.25, 0.3) is 0 Å². The first kappa shape index (κ1) is 17.7. The van der Waals surface area contributed by atoms with Gasteiger partial charge in [-0.1, -0.05) is 47.1 Å². The molecule has 0 saturated carbocycles. The first-order valence-corrected chi connectivity index (χ1v) is 6.91. The van der Waals surface area contributed by atoms with E-state index in [1.165, 1.54) is 0 Å². The van der Waals surface area contributed by atoms with Gasteiger partial charge in [-0.05, 0) is 11.8 Å². The van der Waals surface area contributed by atoms with Gasteiger partial charge in [-0.2, -0.15) is 0 Å². The zero-order chi connectivity index (χ0) is 14.8. The Balaban J connectivity index is 3.95. The van der Waals surface area contributed by atoms with Crippen LogP contribution >= 0.6 is 0 Å². The summed E-state index contributed by atoms with van der Waals surface area (Å²) in [5, 5.41) is 0. The van der Waals surface area contributed by atoms with Crippen molar-refractivity contribution in [1.29, 1.82) is 0 Å². The van der Waals surface area contributed by atoms with Crippen molar-refractivity contribution < 1.29 is 19.1 Å². The highest BCUT2D eigenvalue weighted by Crippen LogP contribution is 2.08.